The Morgan fingerprint density at radius 2 is 1.93 bits per heavy atom. The van der Waals surface area contributed by atoms with E-state index < -0.39 is 15.2 Å². The van der Waals surface area contributed by atoms with Crippen molar-refractivity contribution in [2.24, 2.45) is 5.41 Å². The summed E-state index contributed by atoms with van der Waals surface area (Å²) in [5.41, 5.74) is -0.708. The lowest BCUT2D eigenvalue weighted by molar-refractivity contribution is -0.147. The van der Waals surface area contributed by atoms with Crippen molar-refractivity contribution < 1.29 is 14.3 Å². The number of ether oxygens (including phenoxy) is 1. The molecule has 0 aliphatic carbocycles. The second kappa shape index (κ2) is 5.92. The van der Waals surface area contributed by atoms with E-state index >= 15 is 0 Å². The van der Waals surface area contributed by atoms with E-state index in [1.165, 1.54) is 0 Å². The van der Waals surface area contributed by atoms with Crippen LogP contribution in [0.15, 0.2) is 0 Å². The van der Waals surface area contributed by atoms with E-state index in [0.29, 0.717) is 6.42 Å². The summed E-state index contributed by atoms with van der Waals surface area (Å²) in [6.07, 6.45) is 2.17. The van der Waals surface area contributed by atoms with Crippen molar-refractivity contribution in [3.8, 4) is 0 Å². The van der Waals surface area contributed by atoms with Crippen LogP contribution in [0, 0.1) is 5.41 Å². The number of aldehydes is 1. The molecule has 0 fully saturated rings. The number of carbonyl (C=O) groups excluding carboxylic acids is 2. The molecule has 0 saturated carbocycles. The van der Waals surface area contributed by atoms with Gasteiger partial charge in [0.05, 0.1) is 5.41 Å². The van der Waals surface area contributed by atoms with Gasteiger partial charge in [-0.15, -0.1) is 0 Å². The first-order valence-electron chi connectivity index (χ1n) is 4.45. The largest absolute Gasteiger partial charge is 0.461 e. The van der Waals surface area contributed by atoms with Crippen LogP contribution in [-0.2, 0) is 14.3 Å². The summed E-state index contributed by atoms with van der Waals surface area (Å²) in [5.74, 6) is -0.961. The molecule has 1 unspecified atom stereocenters. The molecule has 88 valence electrons. The van der Waals surface area contributed by atoms with Crippen molar-refractivity contribution in [3.05, 3.63) is 0 Å². The van der Waals surface area contributed by atoms with Crippen LogP contribution in [0.2, 0.25) is 0 Å². The van der Waals surface area contributed by atoms with Gasteiger partial charge in [-0.1, -0.05) is 48.1 Å². The highest BCUT2D eigenvalue weighted by Crippen LogP contribution is 2.29. The van der Waals surface area contributed by atoms with Gasteiger partial charge >= 0.3 is 5.97 Å². The van der Waals surface area contributed by atoms with E-state index in [0.717, 1.165) is 12.7 Å². The molecule has 0 rings (SSSR count). The smallest absolute Gasteiger partial charge is 0.358 e. The molecule has 15 heavy (non-hydrogen) atoms. The minimum absolute atomic E-state index is 0.0723. The van der Waals surface area contributed by atoms with E-state index in [1.807, 2.05) is 6.92 Å². The van der Waals surface area contributed by atoms with E-state index in [4.69, 9.17) is 39.5 Å². The SMILES string of the molecule is CCCC(C)(C=O)COC(=O)C(Cl)(Cl)Cl. The van der Waals surface area contributed by atoms with E-state index in [9.17, 15) is 9.59 Å². The lowest BCUT2D eigenvalue weighted by atomic mass is 9.88. The molecule has 0 bridgehead atoms. The Labute approximate surface area is 104 Å². The molecule has 0 heterocycles. The van der Waals surface area contributed by atoms with Gasteiger partial charge in [-0.25, -0.2) is 4.79 Å². The summed E-state index contributed by atoms with van der Waals surface area (Å²) in [5, 5.41) is 0. The van der Waals surface area contributed by atoms with Crippen molar-refractivity contribution in [2.75, 3.05) is 6.61 Å². The molecule has 0 amide bonds. The standard InChI is InChI=1S/C9H13Cl3O3/c1-3-4-8(2,5-13)6-15-7(14)9(10,11)12/h5H,3-4,6H2,1-2H3. The maximum Gasteiger partial charge on any atom is 0.358 e. The van der Waals surface area contributed by atoms with Crippen molar-refractivity contribution in [2.45, 2.75) is 30.5 Å². The molecule has 0 aromatic rings. The number of esters is 1. The van der Waals surface area contributed by atoms with Crippen LogP contribution in [0.25, 0.3) is 0 Å². The van der Waals surface area contributed by atoms with Crippen LogP contribution in [-0.4, -0.2) is 22.7 Å². The zero-order valence-corrected chi connectivity index (χ0v) is 10.8. The van der Waals surface area contributed by atoms with Gasteiger partial charge in [-0.05, 0) is 13.3 Å². The minimum atomic E-state index is -2.09. The number of alkyl halides is 3. The zero-order valence-electron chi connectivity index (χ0n) is 8.56. The van der Waals surface area contributed by atoms with Crippen LogP contribution in [0.3, 0.4) is 0 Å². The van der Waals surface area contributed by atoms with Gasteiger partial charge in [0.2, 0.25) is 0 Å². The lowest BCUT2D eigenvalue weighted by Crippen LogP contribution is -2.31. The molecule has 0 aliphatic heterocycles. The van der Waals surface area contributed by atoms with Crippen LogP contribution in [0.1, 0.15) is 26.7 Å². The Balaban J connectivity index is 4.24. The monoisotopic (exact) mass is 274 g/mol. The van der Waals surface area contributed by atoms with Crippen LogP contribution in [0.5, 0.6) is 0 Å². The third-order valence-corrected chi connectivity index (χ3v) is 2.33. The second-order valence-corrected chi connectivity index (χ2v) is 5.88. The van der Waals surface area contributed by atoms with Gasteiger partial charge in [0.15, 0.2) is 0 Å². The zero-order chi connectivity index (χ0) is 12.1. The normalized spacial score (nSPS) is 15.5. The highest BCUT2D eigenvalue weighted by molar-refractivity contribution is 6.75. The van der Waals surface area contributed by atoms with Crippen molar-refractivity contribution in [1.29, 1.82) is 0 Å². The molecule has 0 saturated heterocycles. The van der Waals surface area contributed by atoms with Crippen LogP contribution >= 0.6 is 34.8 Å². The summed E-state index contributed by atoms with van der Waals surface area (Å²) >= 11 is 15.9. The van der Waals surface area contributed by atoms with Gasteiger partial charge in [0, 0.05) is 0 Å². The fourth-order valence-electron chi connectivity index (χ4n) is 1.05. The molecule has 0 radical (unpaired) electrons. The Kier molecular flexibility index (Phi) is 5.93. The Bertz CT molecular complexity index is 237. The molecular weight excluding hydrogens is 262 g/mol. The Hall–Kier alpha value is 0.01000. The first kappa shape index (κ1) is 15.0. The predicted molar refractivity (Wildman–Crippen MR) is 60.3 cm³/mol. The van der Waals surface area contributed by atoms with Gasteiger partial charge in [0.1, 0.15) is 12.9 Å². The molecule has 0 aromatic heterocycles. The van der Waals surface area contributed by atoms with Crippen LogP contribution in [0.4, 0.5) is 0 Å². The Morgan fingerprint density at radius 1 is 1.40 bits per heavy atom. The number of carbonyl (C=O) groups is 2. The minimum Gasteiger partial charge on any atom is -0.461 e. The topological polar surface area (TPSA) is 43.4 Å². The third-order valence-electron chi connectivity index (χ3n) is 1.87. The summed E-state index contributed by atoms with van der Waals surface area (Å²) < 4.78 is 2.66. The van der Waals surface area contributed by atoms with Crippen molar-refractivity contribution in [3.63, 3.8) is 0 Å². The summed E-state index contributed by atoms with van der Waals surface area (Å²) in [7, 11) is 0. The molecule has 0 spiro atoms. The highest BCUT2D eigenvalue weighted by Gasteiger charge is 2.35. The van der Waals surface area contributed by atoms with E-state index in [2.05, 4.69) is 0 Å². The average Bonchev–Trinajstić information content (AvgIpc) is 2.13. The number of halogens is 3. The van der Waals surface area contributed by atoms with E-state index in [-0.39, 0.29) is 6.61 Å². The third kappa shape index (κ3) is 5.59. The molecule has 6 heteroatoms. The molecule has 1 atom stereocenters. The summed E-state index contributed by atoms with van der Waals surface area (Å²) in [6.45, 7) is 3.55. The molecular formula is C9H13Cl3O3. The molecule has 0 N–H and O–H groups in total. The van der Waals surface area contributed by atoms with E-state index in [1.54, 1.807) is 6.92 Å². The second-order valence-electron chi connectivity index (χ2n) is 3.60. The maximum atomic E-state index is 11.1. The van der Waals surface area contributed by atoms with Crippen molar-refractivity contribution in [1.82, 2.24) is 0 Å². The fourth-order valence-corrected chi connectivity index (χ4v) is 1.21. The van der Waals surface area contributed by atoms with Gasteiger partial charge in [0.25, 0.3) is 3.79 Å². The van der Waals surface area contributed by atoms with Crippen molar-refractivity contribution >= 4 is 47.1 Å². The average molecular weight is 276 g/mol. The maximum absolute atomic E-state index is 11.1. The Morgan fingerprint density at radius 3 is 2.27 bits per heavy atom. The first-order valence-corrected chi connectivity index (χ1v) is 5.59. The quantitative estimate of drug-likeness (QED) is 0.440. The first-order chi connectivity index (χ1) is 6.75. The molecule has 0 aromatic carbocycles. The predicted octanol–water partition coefficient (Wildman–Crippen LogP) is 2.91. The molecule has 0 aliphatic rings. The van der Waals surface area contributed by atoms with Crippen LogP contribution < -0.4 is 0 Å². The number of hydrogen-bond acceptors (Lipinski definition) is 3. The van der Waals surface area contributed by atoms with Gasteiger partial charge in [-0.2, -0.15) is 0 Å². The summed E-state index contributed by atoms with van der Waals surface area (Å²) in [6, 6.07) is 0. The fraction of sp³-hybridized carbons (Fsp3) is 0.778. The van der Waals surface area contributed by atoms with Gasteiger partial charge < -0.3 is 9.53 Å². The number of hydrogen-bond donors (Lipinski definition) is 0. The van der Waals surface area contributed by atoms with Gasteiger partial charge in [-0.3, -0.25) is 0 Å². The molecule has 3 nitrogen and oxygen atoms in total. The number of rotatable bonds is 5. The summed E-state index contributed by atoms with van der Waals surface area (Å²) in [4.78, 5) is 21.9. The highest BCUT2D eigenvalue weighted by atomic mass is 35.6. The lowest BCUT2D eigenvalue weighted by Gasteiger charge is -2.22.